The first-order valence-electron chi connectivity index (χ1n) is 9.86. The molecule has 8 heteroatoms. The van der Waals surface area contributed by atoms with Crippen molar-refractivity contribution in [1.29, 1.82) is 0 Å². The normalized spacial score (nSPS) is 16.5. The fourth-order valence-electron chi connectivity index (χ4n) is 3.73. The number of hydrogen-bond acceptors (Lipinski definition) is 5. The summed E-state index contributed by atoms with van der Waals surface area (Å²) in [6.45, 7) is 4.12. The maximum absolute atomic E-state index is 13.0. The predicted molar refractivity (Wildman–Crippen MR) is 114 cm³/mol. The minimum absolute atomic E-state index is 0.0253. The van der Waals surface area contributed by atoms with E-state index in [2.05, 4.69) is 10.4 Å². The minimum Gasteiger partial charge on any atom is -0.508 e. The van der Waals surface area contributed by atoms with Crippen molar-refractivity contribution in [3.63, 3.8) is 0 Å². The molecule has 1 saturated heterocycles. The molecule has 4 rings (SSSR count). The molecule has 156 valence electrons. The van der Waals surface area contributed by atoms with Gasteiger partial charge in [-0.15, -0.1) is 0 Å². The molecule has 8 nitrogen and oxygen atoms in total. The van der Waals surface area contributed by atoms with Gasteiger partial charge in [0.15, 0.2) is 5.82 Å². The first-order chi connectivity index (χ1) is 14.3. The molecule has 0 radical (unpaired) electrons. The standard InChI is InChI=1S/C22H24N4O4/c1-13(2)30-18-9-5-8-17-20(18)21(24-25(17)3)23-22(29)14-10-19(28)26(12-14)15-6-4-7-16(27)11-15/h4-9,11,13-14,27H,10,12H2,1-3H3,(H,23,24,29). The van der Waals surface area contributed by atoms with Gasteiger partial charge in [0.25, 0.3) is 0 Å². The number of aromatic hydroxyl groups is 1. The molecular formula is C22H24N4O4. The van der Waals surface area contributed by atoms with Crippen LogP contribution in [0.5, 0.6) is 11.5 Å². The summed E-state index contributed by atoms with van der Waals surface area (Å²) in [5.74, 6) is 0.188. The van der Waals surface area contributed by atoms with Crippen LogP contribution in [0.3, 0.4) is 0 Å². The van der Waals surface area contributed by atoms with E-state index >= 15 is 0 Å². The first kappa shape index (κ1) is 19.8. The second-order valence-corrected chi connectivity index (χ2v) is 7.70. The molecule has 2 amide bonds. The summed E-state index contributed by atoms with van der Waals surface area (Å²) in [5.41, 5.74) is 1.42. The highest BCUT2D eigenvalue weighted by atomic mass is 16.5. The third-order valence-corrected chi connectivity index (χ3v) is 5.08. The Morgan fingerprint density at radius 2 is 2.03 bits per heavy atom. The van der Waals surface area contributed by atoms with E-state index in [1.54, 1.807) is 23.9 Å². The van der Waals surface area contributed by atoms with Crippen molar-refractivity contribution in [3.8, 4) is 11.5 Å². The van der Waals surface area contributed by atoms with Gasteiger partial charge in [0.05, 0.1) is 22.9 Å². The summed E-state index contributed by atoms with van der Waals surface area (Å²) >= 11 is 0. The maximum Gasteiger partial charge on any atom is 0.231 e. The Morgan fingerprint density at radius 3 is 2.77 bits per heavy atom. The number of phenolic OH excluding ortho intramolecular Hbond substituents is 1. The number of anilines is 2. The second kappa shape index (κ2) is 7.70. The molecule has 2 aromatic carbocycles. The Labute approximate surface area is 174 Å². The predicted octanol–water partition coefficient (Wildman–Crippen LogP) is 3.06. The SMILES string of the molecule is CC(C)Oc1cccc2c1c(NC(=O)C1CC(=O)N(c3cccc(O)c3)C1)nn2C. The second-order valence-electron chi connectivity index (χ2n) is 7.70. The lowest BCUT2D eigenvalue weighted by Crippen LogP contribution is -2.28. The van der Waals surface area contributed by atoms with Crippen LogP contribution in [0.2, 0.25) is 0 Å². The van der Waals surface area contributed by atoms with Gasteiger partial charge in [-0.2, -0.15) is 5.10 Å². The number of hydrogen-bond donors (Lipinski definition) is 2. The van der Waals surface area contributed by atoms with Crippen molar-refractivity contribution in [3.05, 3.63) is 42.5 Å². The molecule has 2 heterocycles. The van der Waals surface area contributed by atoms with Crippen molar-refractivity contribution in [1.82, 2.24) is 9.78 Å². The number of nitrogens with zero attached hydrogens (tertiary/aromatic N) is 3. The van der Waals surface area contributed by atoms with Gasteiger partial charge < -0.3 is 20.1 Å². The summed E-state index contributed by atoms with van der Waals surface area (Å²) in [6, 6.07) is 12.1. The highest BCUT2D eigenvalue weighted by molar-refractivity contribution is 6.07. The highest BCUT2D eigenvalue weighted by Crippen LogP contribution is 2.34. The number of carbonyl (C=O) groups excluding carboxylic acids is 2. The summed E-state index contributed by atoms with van der Waals surface area (Å²) in [5, 5.41) is 17.7. The zero-order valence-electron chi connectivity index (χ0n) is 17.1. The molecule has 0 bridgehead atoms. The topological polar surface area (TPSA) is 96.7 Å². The van der Waals surface area contributed by atoms with Crippen LogP contribution < -0.4 is 15.0 Å². The minimum atomic E-state index is -0.518. The Kier molecular flexibility index (Phi) is 5.07. The lowest BCUT2D eigenvalue weighted by Gasteiger charge is -2.17. The number of amides is 2. The molecule has 0 saturated carbocycles. The van der Waals surface area contributed by atoms with Gasteiger partial charge >= 0.3 is 0 Å². The molecule has 0 aliphatic carbocycles. The number of ether oxygens (including phenoxy) is 1. The Hall–Kier alpha value is -3.55. The van der Waals surface area contributed by atoms with Crippen LogP contribution >= 0.6 is 0 Å². The van der Waals surface area contributed by atoms with Crippen LogP contribution in [0.1, 0.15) is 20.3 Å². The maximum atomic E-state index is 13.0. The fourth-order valence-corrected chi connectivity index (χ4v) is 3.73. The first-order valence-corrected chi connectivity index (χ1v) is 9.86. The molecule has 2 N–H and O–H groups in total. The van der Waals surface area contributed by atoms with Gasteiger partial charge in [-0.25, -0.2) is 0 Å². The molecule has 1 atom stereocenters. The average molecular weight is 408 g/mol. The molecule has 30 heavy (non-hydrogen) atoms. The number of carbonyl (C=O) groups is 2. The molecule has 1 aliphatic heterocycles. The Bertz CT molecular complexity index is 1120. The number of nitrogens with one attached hydrogen (secondary N) is 1. The zero-order valence-corrected chi connectivity index (χ0v) is 17.1. The van der Waals surface area contributed by atoms with Gasteiger partial charge in [-0.05, 0) is 38.1 Å². The zero-order chi connectivity index (χ0) is 21.4. The van der Waals surface area contributed by atoms with Crippen molar-refractivity contribution >= 4 is 34.2 Å². The van der Waals surface area contributed by atoms with Crippen LogP contribution in [-0.2, 0) is 16.6 Å². The van der Waals surface area contributed by atoms with Crippen LogP contribution in [0.15, 0.2) is 42.5 Å². The van der Waals surface area contributed by atoms with Crippen LogP contribution in [0.25, 0.3) is 10.9 Å². The molecule has 0 spiro atoms. The van der Waals surface area contributed by atoms with Crippen molar-refractivity contribution < 1.29 is 19.4 Å². The Morgan fingerprint density at radius 1 is 1.27 bits per heavy atom. The molecule has 1 aromatic heterocycles. The monoisotopic (exact) mass is 408 g/mol. The molecule has 1 fully saturated rings. The number of rotatable bonds is 5. The molecule has 1 unspecified atom stereocenters. The van der Waals surface area contributed by atoms with E-state index in [4.69, 9.17) is 4.74 Å². The number of aryl methyl sites for hydroxylation is 1. The molecule has 3 aromatic rings. The molecular weight excluding hydrogens is 384 g/mol. The highest BCUT2D eigenvalue weighted by Gasteiger charge is 2.36. The van der Waals surface area contributed by atoms with Crippen LogP contribution in [0.4, 0.5) is 11.5 Å². The summed E-state index contributed by atoms with van der Waals surface area (Å²) < 4.78 is 7.59. The van der Waals surface area contributed by atoms with E-state index in [0.717, 1.165) is 10.9 Å². The van der Waals surface area contributed by atoms with E-state index in [1.165, 1.54) is 17.0 Å². The summed E-state index contributed by atoms with van der Waals surface area (Å²) in [7, 11) is 1.81. The smallest absolute Gasteiger partial charge is 0.231 e. The van der Waals surface area contributed by atoms with Gasteiger partial charge in [0.1, 0.15) is 11.5 Å². The largest absolute Gasteiger partial charge is 0.508 e. The number of benzene rings is 2. The van der Waals surface area contributed by atoms with Gasteiger partial charge in [-0.1, -0.05) is 12.1 Å². The summed E-state index contributed by atoms with van der Waals surface area (Å²) in [6.07, 6.45) is 0.0735. The lowest BCUT2D eigenvalue weighted by atomic mass is 10.1. The van der Waals surface area contributed by atoms with Crippen molar-refractivity contribution in [2.75, 3.05) is 16.8 Å². The third kappa shape index (κ3) is 3.68. The average Bonchev–Trinajstić information content (AvgIpc) is 3.22. The number of phenols is 1. The third-order valence-electron chi connectivity index (χ3n) is 5.08. The lowest BCUT2D eigenvalue weighted by molar-refractivity contribution is -0.122. The van der Waals surface area contributed by atoms with Gasteiger partial charge in [-0.3, -0.25) is 14.3 Å². The van der Waals surface area contributed by atoms with Gasteiger partial charge in [0.2, 0.25) is 11.8 Å². The fraction of sp³-hybridized carbons (Fsp3) is 0.318. The summed E-state index contributed by atoms with van der Waals surface area (Å²) in [4.78, 5) is 27.0. The van der Waals surface area contributed by atoms with E-state index < -0.39 is 5.92 Å². The number of fused-ring (bicyclic) bond motifs is 1. The van der Waals surface area contributed by atoms with E-state index in [9.17, 15) is 14.7 Å². The van der Waals surface area contributed by atoms with E-state index in [-0.39, 0.29) is 36.6 Å². The van der Waals surface area contributed by atoms with Crippen LogP contribution in [0, 0.1) is 5.92 Å². The van der Waals surface area contributed by atoms with E-state index in [0.29, 0.717) is 17.3 Å². The van der Waals surface area contributed by atoms with Crippen molar-refractivity contribution in [2.45, 2.75) is 26.4 Å². The number of aromatic nitrogens is 2. The van der Waals surface area contributed by atoms with Crippen LogP contribution in [-0.4, -0.2) is 39.4 Å². The van der Waals surface area contributed by atoms with Crippen molar-refractivity contribution in [2.24, 2.45) is 13.0 Å². The van der Waals surface area contributed by atoms with Gasteiger partial charge in [0, 0.05) is 31.8 Å². The Balaban J connectivity index is 1.57. The molecule has 1 aliphatic rings. The van der Waals surface area contributed by atoms with E-state index in [1.807, 2.05) is 32.0 Å². The quantitative estimate of drug-likeness (QED) is 0.676.